The number of esters is 2. The zero-order valence-electron chi connectivity index (χ0n) is 12.0. The molecular weight excluding hydrogens is 250 g/mol. The second kappa shape index (κ2) is 5.59. The summed E-state index contributed by atoms with van der Waals surface area (Å²) < 4.78 is 9.67. The van der Waals surface area contributed by atoms with Crippen molar-refractivity contribution in [1.82, 2.24) is 5.32 Å². The molecule has 0 bridgehead atoms. The van der Waals surface area contributed by atoms with Crippen LogP contribution in [0.4, 0.5) is 4.79 Å². The highest BCUT2D eigenvalue weighted by atomic mass is 16.6. The molecule has 19 heavy (non-hydrogen) atoms. The van der Waals surface area contributed by atoms with E-state index in [1.165, 1.54) is 0 Å². The number of amides is 1. The fourth-order valence-electron chi connectivity index (χ4n) is 1.94. The molecule has 1 aliphatic heterocycles. The average Bonchev–Trinajstić information content (AvgIpc) is 2.51. The van der Waals surface area contributed by atoms with Crippen molar-refractivity contribution in [3.63, 3.8) is 0 Å². The van der Waals surface area contributed by atoms with Crippen LogP contribution < -0.4 is 5.32 Å². The molecule has 6 heteroatoms. The van der Waals surface area contributed by atoms with Gasteiger partial charge < -0.3 is 14.8 Å². The van der Waals surface area contributed by atoms with Crippen molar-refractivity contribution < 1.29 is 23.9 Å². The van der Waals surface area contributed by atoms with Crippen LogP contribution in [0, 0.1) is 11.8 Å². The molecule has 2 atom stereocenters. The second-order valence-electron chi connectivity index (χ2n) is 6.02. The first-order valence-corrected chi connectivity index (χ1v) is 6.34. The minimum Gasteiger partial charge on any atom is -0.444 e. The van der Waals surface area contributed by atoms with Crippen LogP contribution in [0.5, 0.6) is 0 Å². The number of cyclic esters (lactones) is 2. The lowest BCUT2D eigenvalue weighted by molar-refractivity contribution is -0.153. The van der Waals surface area contributed by atoms with E-state index in [-0.39, 0.29) is 12.3 Å². The first-order valence-electron chi connectivity index (χ1n) is 6.34. The number of hydrogen-bond acceptors (Lipinski definition) is 5. The van der Waals surface area contributed by atoms with Crippen LogP contribution in [0.3, 0.4) is 0 Å². The summed E-state index contributed by atoms with van der Waals surface area (Å²) in [4.78, 5) is 34.4. The normalized spacial score (nSPS) is 21.3. The highest BCUT2D eigenvalue weighted by Gasteiger charge is 2.41. The van der Waals surface area contributed by atoms with Crippen LogP contribution in [0.2, 0.25) is 0 Å². The first-order chi connectivity index (χ1) is 8.60. The Morgan fingerprint density at radius 1 is 1.37 bits per heavy atom. The lowest BCUT2D eigenvalue weighted by atomic mass is 9.89. The van der Waals surface area contributed by atoms with Gasteiger partial charge in [-0.3, -0.25) is 9.59 Å². The third-order valence-corrected chi connectivity index (χ3v) is 2.74. The number of hydrogen-bond donors (Lipinski definition) is 1. The summed E-state index contributed by atoms with van der Waals surface area (Å²) in [6.45, 7) is 8.98. The zero-order chi connectivity index (χ0) is 14.8. The van der Waals surface area contributed by atoms with Gasteiger partial charge in [-0.05, 0) is 26.7 Å². The molecule has 108 valence electrons. The van der Waals surface area contributed by atoms with Crippen molar-refractivity contribution >= 4 is 18.0 Å². The van der Waals surface area contributed by atoms with Gasteiger partial charge in [0.15, 0.2) is 0 Å². The molecule has 6 nitrogen and oxygen atoms in total. The lowest BCUT2D eigenvalue weighted by Crippen LogP contribution is -2.47. The Bertz CT molecular complexity index is 383. The number of alkyl carbamates (subject to hydrolysis) is 1. The van der Waals surface area contributed by atoms with E-state index in [2.05, 4.69) is 10.1 Å². The first kappa shape index (κ1) is 15.5. The van der Waals surface area contributed by atoms with Gasteiger partial charge in [0.25, 0.3) is 0 Å². The quantitative estimate of drug-likeness (QED) is 0.623. The number of nitrogens with one attached hydrogen (secondary N) is 1. The molecular formula is C13H21NO5. The molecule has 0 aromatic rings. The van der Waals surface area contributed by atoms with E-state index in [0.717, 1.165) is 0 Å². The van der Waals surface area contributed by atoms with Crippen molar-refractivity contribution in [3.8, 4) is 0 Å². The molecule has 1 N–H and O–H groups in total. The Labute approximate surface area is 112 Å². The minimum atomic E-state index is -0.639. The Kier molecular flexibility index (Phi) is 4.55. The van der Waals surface area contributed by atoms with Gasteiger partial charge in [0.1, 0.15) is 5.60 Å². The Balaban J connectivity index is 2.71. The second-order valence-corrected chi connectivity index (χ2v) is 6.02. The standard InChI is InChI=1S/C13H21NO5/c1-7(2)10(8-6-9(15)18-11(8)16)14-12(17)19-13(3,4)5/h7-8,10H,6H2,1-5H3,(H,14,17). The van der Waals surface area contributed by atoms with Gasteiger partial charge in [-0.1, -0.05) is 13.8 Å². The maximum Gasteiger partial charge on any atom is 0.407 e. The monoisotopic (exact) mass is 271 g/mol. The van der Waals surface area contributed by atoms with Crippen molar-refractivity contribution in [1.29, 1.82) is 0 Å². The molecule has 0 saturated carbocycles. The van der Waals surface area contributed by atoms with E-state index in [4.69, 9.17) is 4.74 Å². The van der Waals surface area contributed by atoms with Crippen molar-refractivity contribution in [2.45, 2.75) is 52.7 Å². The summed E-state index contributed by atoms with van der Waals surface area (Å²) in [5.41, 5.74) is -0.613. The highest BCUT2D eigenvalue weighted by Crippen LogP contribution is 2.24. The van der Waals surface area contributed by atoms with E-state index in [0.29, 0.717) is 0 Å². The van der Waals surface area contributed by atoms with Crippen LogP contribution in [0.15, 0.2) is 0 Å². The van der Waals surface area contributed by atoms with Gasteiger partial charge in [0.2, 0.25) is 0 Å². The fourth-order valence-corrected chi connectivity index (χ4v) is 1.94. The maximum atomic E-state index is 11.7. The van der Waals surface area contributed by atoms with Crippen LogP contribution in [-0.2, 0) is 19.1 Å². The maximum absolute atomic E-state index is 11.7. The molecule has 1 heterocycles. The summed E-state index contributed by atoms with van der Waals surface area (Å²) in [6, 6.07) is -0.478. The van der Waals surface area contributed by atoms with Gasteiger partial charge >= 0.3 is 18.0 Å². The largest absolute Gasteiger partial charge is 0.444 e. The number of carbonyl (C=O) groups is 3. The molecule has 1 amide bonds. The van der Waals surface area contributed by atoms with E-state index in [1.807, 2.05) is 13.8 Å². The number of carbonyl (C=O) groups excluding carboxylic acids is 3. The predicted molar refractivity (Wildman–Crippen MR) is 67.2 cm³/mol. The Morgan fingerprint density at radius 3 is 2.32 bits per heavy atom. The minimum absolute atomic E-state index is 0.00250. The predicted octanol–water partition coefficient (Wildman–Crippen LogP) is 1.63. The van der Waals surface area contributed by atoms with Crippen LogP contribution in [0.25, 0.3) is 0 Å². The fraction of sp³-hybridized carbons (Fsp3) is 0.769. The SMILES string of the molecule is CC(C)C(NC(=O)OC(C)(C)C)C1CC(=O)OC1=O. The van der Waals surface area contributed by atoms with Gasteiger partial charge in [-0.2, -0.15) is 0 Å². The molecule has 1 rings (SSSR count). The van der Waals surface area contributed by atoms with Gasteiger partial charge in [0, 0.05) is 6.04 Å². The summed E-state index contributed by atoms with van der Waals surface area (Å²) >= 11 is 0. The molecule has 1 saturated heterocycles. The van der Waals surface area contributed by atoms with Crippen molar-refractivity contribution in [3.05, 3.63) is 0 Å². The zero-order valence-corrected chi connectivity index (χ0v) is 12.0. The van der Waals surface area contributed by atoms with E-state index in [9.17, 15) is 14.4 Å². The summed E-state index contributed by atoms with van der Waals surface area (Å²) in [7, 11) is 0. The van der Waals surface area contributed by atoms with Crippen molar-refractivity contribution in [2.24, 2.45) is 11.8 Å². The van der Waals surface area contributed by atoms with Crippen molar-refractivity contribution in [2.75, 3.05) is 0 Å². The average molecular weight is 271 g/mol. The van der Waals surface area contributed by atoms with E-state index < -0.39 is 35.6 Å². The van der Waals surface area contributed by atoms with Gasteiger partial charge in [0.05, 0.1) is 12.3 Å². The van der Waals surface area contributed by atoms with Gasteiger partial charge in [-0.25, -0.2) is 4.79 Å². The van der Waals surface area contributed by atoms with Crippen LogP contribution in [0.1, 0.15) is 41.0 Å². The Morgan fingerprint density at radius 2 is 1.95 bits per heavy atom. The molecule has 0 radical (unpaired) electrons. The summed E-state index contributed by atoms with van der Waals surface area (Å²) in [5.74, 6) is -1.79. The molecule has 2 unspecified atom stereocenters. The highest BCUT2D eigenvalue weighted by molar-refractivity contribution is 5.95. The Hall–Kier alpha value is -1.59. The summed E-state index contributed by atoms with van der Waals surface area (Å²) in [6.07, 6.45) is -0.601. The smallest absolute Gasteiger partial charge is 0.407 e. The van der Waals surface area contributed by atoms with Gasteiger partial charge in [-0.15, -0.1) is 0 Å². The molecule has 0 spiro atoms. The topological polar surface area (TPSA) is 81.7 Å². The summed E-state index contributed by atoms with van der Waals surface area (Å²) in [5, 5.41) is 2.65. The molecule has 1 aliphatic rings. The number of rotatable bonds is 3. The lowest BCUT2D eigenvalue weighted by Gasteiger charge is -2.27. The molecule has 0 aliphatic carbocycles. The van der Waals surface area contributed by atoms with Crippen LogP contribution >= 0.6 is 0 Å². The van der Waals surface area contributed by atoms with E-state index >= 15 is 0 Å². The molecule has 0 aromatic carbocycles. The molecule has 1 fully saturated rings. The van der Waals surface area contributed by atoms with E-state index in [1.54, 1.807) is 20.8 Å². The number of ether oxygens (including phenoxy) is 2. The molecule has 0 aromatic heterocycles. The third kappa shape index (κ3) is 4.54. The van der Waals surface area contributed by atoms with Crippen LogP contribution in [-0.4, -0.2) is 29.7 Å². The third-order valence-electron chi connectivity index (χ3n) is 2.74.